The minimum absolute atomic E-state index is 0.213. The summed E-state index contributed by atoms with van der Waals surface area (Å²) >= 11 is 5.79. The smallest absolute Gasteiger partial charge is 0.141 e. The lowest BCUT2D eigenvalue weighted by molar-refractivity contribution is 0.395. The van der Waals surface area contributed by atoms with Crippen LogP contribution in [-0.4, -0.2) is 6.04 Å². The van der Waals surface area contributed by atoms with Gasteiger partial charge in [0.25, 0.3) is 0 Å². The molecule has 17 heavy (non-hydrogen) atoms. The molecular weight excluding hydrogens is 237 g/mol. The summed E-state index contributed by atoms with van der Waals surface area (Å²) in [4.78, 5) is 0. The summed E-state index contributed by atoms with van der Waals surface area (Å²) in [5.41, 5.74) is 7.28. The molecular formula is C14H19ClFN. The van der Waals surface area contributed by atoms with Gasteiger partial charge in [0, 0.05) is 6.04 Å². The molecule has 2 atom stereocenters. The van der Waals surface area contributed by atoms with Crippen molar-refractivity contribution in [2.75, 3.05) is 0 Å². The molecule has 2 N–H and O–H groups in total. The standard InChI is InChI=1S/C14H19ClFN/c15-12-9-10(6-7-13(12)16)8-11-4-2-1-3-5-14(11)17/h6-7,9,11,14H,1-5,8,17H2. The van der Waals surface area contributed by atoms with E-state index < -0.39 is 0 Å². The Balaban J connectivity index is 2.05. The van der Waals surface area contributed by atoms with Crippen molar-refractivity contribution in [1.29, 1.82) is 0 Å². The lowest BCUT2D eigenvalue weighted by Gasteiger charge is -2.21. The van der Waals surface area contributed by atoms with Crippen molar-refractivity contribution in [3.05, 3.63) is 34.6 Å². The zero-order chi connectivity index (χ0) is 12.3. The van der Waals surface area contributed by atoms with E-state index in [0.29, 0.717) is 5.92 Å². The summed E-state index contributed by atoms with van der Waals surface area (Å²) < 4.78 is 13.1. The number of hydrogen-bond acceptors (Lipinski definition) is 1. The Hall–Kier alpha value is -0.600. The lowest BCUT2D eigenvalue weighted by Crippen LogP contribution is -2.30. The summed E-state index contributed by atoms with van der Waals surface area (Å²) in [6, 6.07) is 5.27. The molecule has 1 saturated carbocycles. The Morgan fingerprint density at radius 3 is 2.76 bits per heavy atom. The normalized spacial score (nSPS) is 25.6. The van der Waals surface area contributed by atoms with Gasteiger partial charge in [0.2, 0.25) is 0 Å². The van der Waals surface area contributed by atoms with E-state index in [2.05, 4.69) is 0 Å². The molecule has 1 fully saturated rings. The van der Waals surface area contributed by atoms with Gasteiger partial charge in [-0.1, -0.05) is 36.9 Å². The van der Waals surface area contributed by atoms with Gasteiger partial charge in [-0.2, -0.15) is 0 Å². The average molecular weight is 256 g/mol. The van der Waals surface area contributed by atoms with Gasteiger partial charge >= 0.3 is 0 Å². The van der Waals surface area contributed by atoms with Crippen molar-refractivity contribution in [3.63, 3.8) is 0 Å². The summed E-state index contributed by atoms with van der Waals surface area (Å²) in [5.74, 6) is 0.166. The van der Waals surface area contributed by atoms with Gasteiger partial charge in [-0.05, 0) is 42.9 Å². The third-order valence-corrected chi connectivity index (χ3v) is 3.99. The molecule has 1 aliphatic carbocycles. The van der Waals surface area contributed by atoms with E-state index in [4.69, 9.17) is 17.3 Å². The maximum atomic E-state index is 13.1. The van der Waals surface area contributed by atoms with Crippen molar-refractivity contribution in [3.8, 4) is 0 Å². The molecule has 1 aliphatic rings. The van der Waals surface area contributed by atoms with E-state index in [1.807, 2.05) is 6.07 Å². The molecule has 3 heteroatoms. The third kappa shape index (κ3) is 3.43. The summed E-state index contributed by atoms with van der Waals surface area (Å²) in [5, 5.41) is 0.213. The van der Waals surface area contributed by atoms with E-state index in [9.17, 15) is 4.39 Å². The third-order valence-electron chi connectivity index (χ3n) is 3.70. The largest absolute Gasteiger partial charge is 0.327 e. The molecule has 94 valence electrons. The first kappa shape index (κ1) is 12.8. The Kier molecular flexibility index (Phi) is 4.41. The molecule has 1 nitrogen and oxygen atoms in total. The number of benzene rings is 1. The predicted octanol–water partition coefficient (Wildman–Crippen LogP) is 3.93. The number of hydrogen-bond donors (Lipinski definition) is 1. The first-order valence-corrected chi connectivity index (χ1v) is 6.74. The van der Waals surface area contributed by atoms with E-state index >= 15 is 0 Å². The quantitative estimate of drug-likeness (QED) is 0.797. The minimum atomic E-state index is -0.347. The van der Waals surface area contributed by atoms with Crippen LogP contribution in [0.25, 0.3) is 0 Å². The molecule has 0 amide bonds. The number of nitrogens with two attached hydrogens (primary N) is 1. The van der Waals surface area contributed by atoms with Crippen LogP contribution in [0.3, 0.4) is 0 Å². The Bertz CT molecular complexity index is 380. The van der Waals surface area contributed by atoms with E-state index in [1.165, 1.54) is 31.7 Å². The Morgan fingerprint density at radius 1 is 1.24 bits per heavy atom. The molecule has 0 bridgehead atoms. The van der Waals surface area contributed by atoms with Gasteiger partial charge in [-0.3, -0.25) is 0 Å². The molecule has 0 spiro atoms. The van der Waals surface area contributed by atoms with Crippen molar-refractivity contribution in [2.24, 2.45) is 11.7 Å². The highest BCUT2D eigenvalue weighted by Gasteiger charge is 2.20. The molecule has 1 aromatic carbocycles. The van der Waals surface area contributed by atoms with Crippen LogP contribution in [0.4, 0.5) is 4.39 Å². The van der Waals surface area contributed by atoms with E-state index in [1.54, 1.807) is 6.07 Å². The second kappa shape index (κ2) is 5.83. The van der Waals surface area contributed by atoms with Crippen LogP contribution >= 0.6 is 11.6 Å². The Labute approximate surface area is 107 Å². The predicted molar refractivity (Wildman–Crippen MR) is 69.7 cm³/mol. The SMILES string of the molecule is NC1CCCCCC1Cc1ccc(F)c(Cl)c1. The first-order chi connectivity index (χ1) is 8.16. The van der Waals surface area contributed by atoms with Crippen LogP contribution in [-0.2, 0) is 6.42 Å². The number of halogens is 2. The minimum Gasteiger partial charge on any atom is -0.327 e. The van der Waals surface area contributed by atoms with Crippen LogP contribution in [0.2, 0.25) is 5.02 Å². The molecule has 2 unspecified atom stereocenters. The second-order valence-electron chi connectivity index (χ2n) is 5.01. The summed E-state index contributed by atoms with van der Waals surface area (Å²) in [6.45, 7) is 0. The topological polar surface area (TPSA) is 26.0 Å². The molecule has 0 heterocycles. The van der Waals surface area contributed by atoms with Gasteiger partial charge in [-0.15, -0.1) is 0 Å². The van der Waals surface area contributed by atoms with Gasteiger partial charge < -0.3 is 5.73 Å². The van der Waals surface area contributed by atoms with Crippen molar-refractivity contribution < 1.29 is 4.39 Å². The lowest BCUT2D eigenvalue weighted by atomic mass is 9.89. The fraction of sp³-hybridized carbons (Fsp3) is 0.571. The van der Waals surface area contributed by atoms with Crippen LogP contribution in [0.5, 0.6) is 0 Å². The van der Waals surface area contributed by atoms with E-state index in [-0.39, 0.29) is 16.9 Å². The highest BCUT2D eigenvalue weighted by molar-refractivity contribution is 6.30. The van der Waals surface area contributed by atoms with Crippen LogP contribution in [0.1, 0.15) is 37.7 Å². The van der Waals surface area contributed by atoms with Crippen molar-refractivity contribution in [1.82, 2.24) is 0 Å². The van der Waals surface area contributed by atoms with Crippen LogP contribution in [0.15, 0.2) is 18.2 Å². The van der Waals surface area contributed by atoms with Gasteiger partial charge in [0.05, 0.1) is 5.02 Å². The molecule has 0 saturated heterocycles. The molecule has 0 aromatic heterocycles. The van der Waals surface area contributed by atoms with Gasteiger partial charge in [0.15, 0.2) is 0 Å². The monoisotopic (exact) mass is 255 g/mol. The van der Waals surface area contributed by atoms with Gasteiger partial charge in [-0.25, -0.2) is 4.39 Å². The first-order valence-electron chi connectivity index (χ1n) is 6.36. The van der Waals surface area contributed by atoms with E-state index in [0.717, 1.165) is 18.4 Å². The molecule has 2 rings (SSSR count). The Morgan fingerprint density at radius 2 is 2.00 bits per heavy atom. The summed E-state index contributed by atoms with van der Waals surface area (Å²) in [6.07, 6.45) is 6.99. The fourth-order valence-corrected chi connectivity index (χ4v) is 2.84. The van der Waals surface area contributed by atoms with Crippen LogP contribution < -0.4 is 5.73 Å². The maximum absolute atomic E-state index is 13.1. The summed E-state index contributed by atoms with van der Waals surface area (Å²) in [7, 11) is 0. The van der Waals surface area contributed by atoms with Crippen LogP contribution in [0, 0.1) is 11.7 Å². The zero-order valence-electron chi connectivity index (χ0n) is 9.96. The fourth-order valence-electron chi connectivity index (χ4n) is 2.64. The average Bonchev–Trinajstić information content (AvgIpc) is 2.50. The highest BCUT2D eigenvalue weighted by Crippen LogP contribution is 2.26. The van der Waals surface area contributed by atoms with Crippen molar-refractivity contribution in [2.45, 2.75) is 44.6 Å². The van der Waals surface area contributed by atoms with Crippen molar-refractivity contribution >= 4 is 11.6 Å². The maximum Gasteiger partial charge on any atom is 0.141 e. The zero-order valence-corrected chi connectivity index (χ0v) is 10.7. The number of rotatable bonds is 2. The molecule has 0 radical (unpaired) electrons. The van der Waals surface area contributed by atoms with Gasteiger partial charge in [0.1, 0.15) is 5.82 Å². The molecule has 1 aromatic rings. The second-order valence-corrected chi connectivity index (χ2v) is 5.42. The molecule has 0 aliphatic heterocycles. The highest BCUT2D eigenvalue weighted by atomic mass is 35.5.